The smallest absolute Gasteiger partial charge is 0.341 e. The average molecular weight is 221 g/mol. The van der Waals surface area contributed by atoms with Crippen LogP contribution in [0.3, 0.4) is 0 Å². The van der Waals surface area contributed by atoms with Gasteiger partial charge < -0.3 is 4.74 Å². The molecule has 0 fully saturated rings. The van der Waals surface area contributed by atoms with Crippen LogP contribution in [-0.4, -0.2) is 24.2 Å². The van der Waals surface area contributed by atoms with Crippen LogP contribution in [0, 0.1) is 0 Å². The zero-order chi connectivity index (χ0) is 8.85. The highest BCUT2D eigenvalue weighted by atomic mass is 79.9. The minimum absolute atomic E-state index is 0.0874. The zero-order valence-electron chi connectivity index (χ0n) is 6.39. The van der Waals surface area contributed by atoms with E-state index < -0.39 is 5.97 Å². The number of esters is 1. The van der Waals surface area contributed by atoms with E-state index in [0.717, 1.165) is 0 Å². The Morgan fingerprint density at radius 1 is 1.55 bits per heavy atom. The first-order chi connectivity index (χ1) is 5.17. The van der Waals surface area contributed by atoms with E-state index in [4.69, 9.17) is 0 Å². The number of allylic oxidation sites excluding steroid dienone is 1. The summed E-state index contributed by atoms with van der Waals surface area (Å²) in [6, 6.07) is 0. The second-order valence-electron chi connectivity index (χ2n) is 1.75. The van der Waals surface area contributed by atoms with Crippen molar-refractivity contribution in [2.75, 3.05) is 12.4 Å². The Hall–Kier alpha value is -0.640. The maximum absolute atomic E-state index is 10.9. The number of halogens is 1. The third-order valence-corrected chi connectivity index (χ3v) is 1.63. The predicted molar refractivity (Wildman–Crippen MR) is 44.6 cm³/mol. The third-order valence-electron chi connectivity index (χ3n) is 1.12. The lowest BCUT2D eigenvalue weighted by molar-refractivity contribution is -0.137. The number of hydrogen-bond donors (Lipinski definition) is 0. The molecule has 0 radical (unpaired) electrons. The largest absolute Gasteiger partial charge is 0.465 e. The Bertz CT molecular complexity index is 178. The molecule has 0 saturated heterocycles. The van der Waals surface area contributed by atoms with E-state index in [1.165, 1.54) is 13.2 Å². The second kappa shape index (κ2) is 5.07. The Labute approximate surface area is 73.5 Å². The van der Waals surface area contributed by atoms with E-state index in [9.17, 15) is 9.59 Å². The molecule has 0 aliphatic heterocycles. The second-order valence-corrected chi connectivity index (χ2v) is 2.31. The molecular weight excluding hydrogens is 212 g/mol. The van der Waals surface area contributed by atoms with Gasteiger partial charge in [-0.1, -0.05) is 22.0 Å². The van der Waals surface area contributed by atoms with Crippen molar-refractivity contribution in [2.45, 2.75) is 6.92 Å². The number of rotatable bonds is 3. The number of carbonyl (C=O) groups is 2. The molecule has 0 aromatic heterocycles. The van der Waals surface area contributed by atoms with E-state index >= 15 is 0 Å². The van der Waals surface area contributed by atoms with Crippen molar-refractivity contribution in [1.29, 1.82) is 0 Å². The molecule has 0 spiro atoms. The lowest BCUT2D eigenvalue weighted by Gasteiger charge is -1.99. The molecule has 0 aromatic rings. The first-order valence-corrected chi connectivity index (χ1v) is 4.13. The van der Waals surface area contributed by atoms with Gasteiger partial charge in [0.1, 0.15) is 0 Å². The van der Waals surface area contributed by atoms with Gasteiger partial charge in [0.25, 0.3) is 0 Å². The van der Waals surface area contributed by atoms with Gasteiger partial charge in [-0.25, -0.2) is 4.79 Å². The van der Waals surface area contributed by atoms with Crippen molar-refractivity contribution in [3.8, 4) is 0 Å². The summed E-state index contributed by atoms with van der Waals surface area (Å²) in [6.07, 6.45) is 1.44. The van der Waals surface area contributed by atoms with Gasteiger partial charge in [0, 0.05) is 0 Å². The van der Waals surface area contributed by atoms with Crippen LogP contribution >= 0.6 is 15.9 Å². The lowest BCUT2D eigenvalue weighted by atomic mass is 10.2. The predicted octanol–water partition coefficient (Wildman–Crippen LogP) is 1.07. The lowest BCUT2D eigenvalue weighted by Crippen LogP contribution is -2.14. The zero-order valence-corrected chi connectivity index (χ0v) is 7.97. The van der Waals surface area contributed by atoms with Gasteiger partial charge in [-0.05, 0) is 6.92 Å². The minimum atomic E-state index is -0.586. The number of ether oxygens (including phenoxy) is 1. The van der Waals surface area contributed by atoms with Crippen molar-refractivity contribution in [1.82, 2.24) is 0 Å². The van der Waals surface area contributed by atoms with Crippen LogP contribution < -0.4 is 0 Å². The van der Waals surface area contributed by atoms with Gasteiger partial charge >= 0.3 is 5.97 Å². The van der Waals surface area contributed by atoms with Gasteiger partial charge in [0.05, 0.1) is 18.0 Å². The van der Waals surface area contributed by atoms with Gasteiger partial charge in [0.15, 0.2) is 5.78 Å². The fraction of sp³-hybridized carbons (Fsp3) is 0.429. The molecule has 0 atom stereocenters. The topological polar surface area (TPSA) is 43.4 Å². The number of hydrogen-bond acceptors (Lipinski definition) is 3. The number of methoxy groups -OCH3 is 1. The van der Waals surface area contributed by atoms with Crippen molar-refractivity contribution in [3.05, 3.63) is 11.6 Å². The molecule has 0 heterocycles. The maximum atomic E-state index is 10.9. The molecule has 0 aliphatic carbocycles. The van der Waals surface area contributed by atoms with Crippen LogP contribution in [0.5, 0.6) is 0 Å². The normalized spacial score (nSPS) is 11.0. The summed E-state index contributed by atoms with van der Waals surface area (Å²) < 4.78 is 4.38. The van der Waals surface area contributed by atoms with Gasteiger partial charge in [-0.3, -0.25) is 4.79 Å². The molecular formula is C7H9BrO3. The summed E-state index contributed by atoms with van der Waals surface area (Å²) >= 11 is 2.96. The monoisotopic (exact) mass is 220 g/mol. The molecule has 0 aromatic carbocycles. The molecule has 11 heavy (non-hydrogen) atoms. The standard InChI is InChI=1S/C7H9BrO3/c1-3-5(6(9)4-8)7(10)11-2/h3H,4H2,1-2H3/b5-3+. The number of Topliss-reactive ketones (excluding diaryl/α,β-unsaturated/α-hetero) is 1. The first kappa shape index (κ1) is 10.4. The molecule has 0 unspecified atom stereocenters. The van der Waals surface area contributed by atoms with Crippen molar-refractivity contribution < 1.29 is 14.3 Å². The van der Waals surface area contributed by atoms with Crippen LogP contribution in [0.15, 0.2) is 11.6 Å². The molecule has 62 valence electrons. The summed E-state index contributed by atoms with van der Waals surface area (Å²) in [6.45, 7) is 1.62. The first-order valence-electron chi connectivity index (χ1n) is 3.01. The fourth-order valence-corrected chi connectivity index (χ4v) is 0.877. The highest BCUT2D eigenvalue weighted by Crippen LogP contribution is 2.01. The van der Waals surface area contributed by atoms with Crippen molar-refractivity contribution in [3.63, 3.8) is 0 Å². The molecule has 0 N–H and O–H groups in total. The molecule has 0 rings (SSSR count). The maximum Gasteiger partial charge on any atom is 0.341 e. The van der Waals surface area contributed by atoms with Crippen LogP contribution in [0.25, 0.3) is 0 Å². The Morgan fingerprint density at radius 2 is 2.09 bits per heavy atom. The summed E-state index contributed by atoms with van der Waals surface area (Å²) in [5.74, 6) is -0.851. The molecule has 4 heteroatoms. The molecule has 0 saturated carbocycles. The molecule has 3 nitrogen and oxygen atoms in total. The Kier molecular flexibility index (Phi) is 4.77. The molecule has 0 amide bonds. The van der Waals surface area contributed by atoms with Crippen LogP contribution in [0.4, 0.5) is 0 Å². The molecule has 0 aliphatic rings. The number of carbonyl (C=O) groups excluding carboxylic acids is 2. The quantitative estimate of drug-likeness (QED) is 0.235. The number of ketones is 1. The number of alkyl halides is 1. The van der Waals surface area contributed by atoms with E-state index in [1.54, 1.807) is 6.92 Å². The summed E-state index contributed by atoms with van der Waals surface area (Å²) in [5.41, 5.74) is 0.0874. The minimum Gasteiger partial charge on any atom is -0.465 e. The fourth-order valence-electron chi connectivity index (χ4n) is 0.575. The van der Waals surface area contributed by atoms with Gasteiger partial charge in [-0.2, -0.15) is 0 Å². The van der Waals surface area contributed by atoms with Crippen LogP contribution in [-0.2, 0) is 14.3 Å². The van der Waals surface area contributed by atoms with E-state index in [2.05, 4.69) is 20.7 Å². The van der Waals surface area contributed by atoms with E-state index in [-0.39, 0.29) is 16.7 Å². The highest BCUT2D eigenvalue weighted by Gasteiger charge is 2.15. The summed E-state index contributed by atoms with van der Waals surface area (Å²) in [4.78, 5) is 21.7. The van der Waals surface area contributed by atoms with E-state index in [1.807, 2.05) is 0 Å². The Balaban J connectivity index is 4.43. The van der Waals surface area contributed by atoms with Gasteiger partial charge in [0.2, 0.25) is 0 Å². The summed E-state index contributed by atoms with van der Waals surface area (Å²) in [7, 11) is 1.24. The van der Waals surface area contributed by atoms with Crippen LogP contribution in [0.1, 0.15) is 6.92 Å². The summed E-state index contributed by atoms with van der Waals surface area (Å²) in [5, 5.41) is 0.141. The average Bonchev–Trinajstić information content (AvgIpc) is 2.05. The Morgan fingerprint density at radius 3 is 2.36 bits per heavy atom. The van der Waals surface area contributed by atoms with Crippen LogP contribution in [0.2, 0.25) is 0 Å². The molecule has 0 bridgehead atoms. The van der Waals surface area contributed by atoms with E-state index in [0.29, 0.717) is 0 Å². The SMILES string of the molecule is C/C=C(\C(=O)CBr)C(=O)OC. The third kappa shape index (κ3) is 2.84. The van der Waals surface area contributed by atoms with Gasteiger partial charge in [-0.15, -0.1) is 0 Å². The van der Waals surface area contributed by atoms with Crippen molar-refractivity contribution in [2.24, 2.45) is 0 Å². The van der Waals surface area contributed by atoms with Crippen molar-refractivity contribution >= 4 is 27.7 Å². The highest BCUT2D eigenvalue weighted by molar-refractivity contribution is 9.09.